The summed E-state index contributed by atoms with van der Waals surface area (Å²) in [6.07, 6.45) is 6.84. The summed E-state index contributed by atoms with van der Waals surface area (Å²) in [5.74, 6) is 0.769. The summed E-state index contributed by atoms with van der Waals surface area (Å²) in [7, 11) is 0. The smallest absolute Gasteiger partial charge is 0.411 e. The Labute approximate surface area is 145 Å². The van der Waals surface area contributed by atoms with E-state index in [1.165, 1.54) is 25.7 Å². The van der Waals surface area contributed by atoms with E-state index in [2.05, 4.69) is 17.1 Å². The van der Waals surface area contributed by atoms with Crippen LogP contribution in [-0.2, 0) is 4.74 Å². The first kappa shape index (κ1) is 18.6. The molecule has 1 N–H and O–H groups in total. The van der Waals surface area contributed by atoms with Crippen molar-refractivity contribution >= 4 is 11.8 Å². The molecule has 1 aromatic rings. The first-order chi connectivity index (χ1) is 11.8. The second-order valence-corrected chi connectivity index (χ2v) is 6.25. The number of unbranched alkanes of at least 4 members (excludes halogenated alkanes) is 1. The van der Waals surface area contributed by atoms with Crippen molar-refractivity contribution in [3.8, 4) is 5.75 Å². The zero-order valence-electron chi connectivity index (χ0n) is 14.8. The number of carbonyl (C=O) groups is 1. The number of rotatable bonds is 8. The molecule has 24 heavy (non-hydrogen) atoms. The average molecular weight is 334 g/mol. The maximum absolute atomic E-state index is 11.9. The van der Waals surface area contributed by atoms with Gasteiger partial charge in [-0.25, -0.2) is 4.79 Å². The number of likely N-dealkylation sites (tertiary alicyclic amines) is 1. The first-order valence-electron chi connectivity index (χ1n) is 9.17. The molecule has 0 aliphatic carbocycles. The fourth-order valence-corrected chi connectivity index (χ4v) is 2.78. The fourth-order valence-electron chi connectivity index (χ4n) is 2.78. The molecule has 0 bridgehead atoms. The van der Waals surface area contributed by atoms with Gasteiger partial charge in [-0.05, 0) is 44.5 Å². The molecule has 1 aromatic carbocycles. The van der Waals surface area contributed by atoms with E-state index in [1.807, 2.05) is 24.3 Å². The predicted octanol–water partition coefficient (Wildman–Crippen LogP) is 4.29. The number of anilines is 1. The lowest BCUT2D eigenvalue weighted by molar-refractivity contribution is 0.140. The van der Waals surface area contributed by atoms with Gasteiger partial charge in [-0.2, -0.15) is 0 Å². The maximum Gasteiger partial charge on any atom is 0.411 e. The van der Waals surface area contributed by atoms with Crippen molar-refractivity contribution in [1.82, 2.24) is 4.90 Å². The third kappa shape index (κ3) is 7.21. The molecule has 1 aliphatic heterocycles. The lowest BCUT2D eigenvalue weighted by Crippen LogP contribution is -2.30. The van der Waals surface area contributed by atoms with Gasteiger partial charge < -0.3 is 9.47 Å². The van der Waals surface area contributed by atoms with Crippen molar-refractivity contribution in [1.29, 1.82) is 0 Å². The van der Waals surface area contributed by atoms with Crippen LogP contribution in [0.1, 0.15) is 45.4 Å². The first-order valence-corrected chi connectivity index (χ1v) is 9.17. The van der Waals surface area contributed by atoms with Gasteiger partial charge in [0, 0.05) is 18.3 Å². The minimum absolute atomic E-state index is 0.407. The van der Waals surface area contributed by atoms with Crippen LogP contribution in [0, 0.1) is 0 Å². The molecule has 0 aromatic heterocycles. The van der Waals surface area contributed by atoms with Gasteiger partial charge in [-0.3, -0.25) is 10.2 Å². The molecule has 2 rings (SSSR count). The second-order valence-electron chi connectivity index (χ2n) is 6.25. The van der Waals surface area contributed by atoms with E-state index in [-0.39, 0.29) is 0 Å². The van der Waals surface area contributed by atoms with Crippen LogP contribution in [0.15, 0.2) is 24.3 Å². The Morgan fingerprint density at radius 1 is 1.17 bits per heavy atom. The summed E-state index contributed by atoms with van der Waals surface area (Å²) in [5.41, 5.74) is 0.698. The number of amides is 1. The molecule has 5 heteroatoms. The number of nitrogens with one attached hydrogen (secondary N) is 1. The van der Waals surface area contributed by atoms with Crippen LogP contribution in [0.3, 0.4) is 0 Å². The standard InChI is InChI=1S/C19H30N2O3/c1-2-3-14-23-18-10-8-9-17(16-18)20-19(22)24-15-13-21-11-6-4-5-7-12-21/h8-10,16H,2-7,11-15H2,1H3,(H,20,22). The molecule has 1 aliphatic rings. The molecule has 1 heterocycles. The third-order valence-electron chi connectivity index (χ3n) is 4.19. The summed E-state index contributed by atoms with van der Waals surface area (Å²) >= 11 is 0. The Morgan fingerprint density at radius 2 is 1.96 bits per heavy atom. The van der Waals surface area contributed by atoms with E-state index >= 15 is 0 Å². The average Bonchev–Trinajstić information content (AvgIpc) is 2.84. The van der Waals surface area contributed by atoms with Crippen molar-refractivity contribution in [3.05, 3.63) is 24.3 Å². The van der Waals surface area contributed by atoms with E-state index in [0.717, 1.165) is 38.2 Å². The minimum Gasteiger partial charge on any atom is -0.494 e. The molecule has 1 saturated heterocycles. The monoisotopic (exact) mass is 334 g/mol. The van der Waals surface area contributed by atoms with Gasteiger partial charge in [-0.1, -0.05) is 32.3 Å². The fraction of sp³-hybridized carbons (Fsp3) is 0.632. The van der Waals surface area contributed by atoms with Crippen molar-refractivity contribution in [3.63, 3.8) is 0 Å². The molecule has 5 nitrogen and oxygen atoms in total. The van der Waals surface area contributed by atoms with Crippen LogP contribution in [0.25, 0.3) is 0 Å². The highest BCUT2D eigenvalue weighted by Crippen LogP contribution is 2.18. The summed E-state index contributed by atoms with van der Waals surface area (Å²) in [6.45, 7) is 6.29. The largest absolute Gasteiger partial charge is 0.494 e. The molecule has 1 amide bonds. The number of hydrogen-bond acceptors (Lipinski definition) is 4. The van der Waals surface area contributed by atoms with E-state index in [1.54, 1.807) is 0 Å². The number of ether oxygens (including phenoxy) is 2. The van der Waals surface area contributed by atoms with Crippen molar-refractivity contribution in [2.75, 3.05) is 38.2 Å². The maximum atomic E-state index is 11.9. The molecule has 0 atom stereocenters. The quantitative estimate of drug-likeness (QED) is 0.721. The van der Waals surface area contributed by atoms with Gasteiger partial charge in [-0.15, -0.1) is 0 Å². The second kappa shape index (κ2) is 10.9. The topological polar surface area (TPSA) is 50.8 Å². The van der Waals surface area contributed by atoms with Gasteiger partial charge >= 0.3 is 6.09 Å². The Morgan fingerprint density at radius 3 is 2.71 bits per heavy atom. The van der Waals surface area contributed by atoms with Crippen molar-refractivity contribution < 1.29 is 14.3 Å². The minimum atomic E-state index is -0.407. The van der Waals surface area contributed by atoms with E-state index in [4.69, 9.17) is 9.47 Å². The zero-order valence-corrected chi connectivity index (χ0v) is 14.8. The Bertz CT molecular complexity index is 485. The third-order valence-corrected chi connectivity index (χ3v) is 4.19. The van der Waals surface area contributed by atoms with Crippen molar-refractivity contribution in [2.24, 2.45) is 0 Å². The highest BCUT2D eigenvalue weighted by molar-refractivity contribution is 5.84. The van der Waals surface area contributed by atoms with Crippen LogP contribution >= 0.6 is 0 Å². The normalized spacial score (nSPS) is 15.5. The number of nitrogens with zero attached hydrogens (tertiary/aromatic N) is 1. The number of carbonyl (C=O) groups excluding carboxylic acids is 1. The summed E-state index contributed by atoms with van der Waals surface area (Å²) in [5, 5.41) is 2.76. The van der Waals surface area contributed by atoms with Gasteiger partial charge in [0.1, 0.15) is 12.4 Å². The summed E-state index contributed by atoms with van der Waals surface area (Å²) < 4.78 is 10.9. The Kier molecular flexibility index (Phi) is 8.46. The molecule has 1 fully saturated rings. The van der Waals surface area contributed by atoms with Gasteiger partial charge in [0.15, 0.2) is 0 Å². The summed E-state index contributed by atoms with van der Waals surface area (Å²) in [4.78, 5) is 14.3. The van der Waals surface area contributed by atoms with Crippen LogP contribution < -0.4 is 10.1 Å². The van der Waals surface area contributed by atoms with Crippen LogP contribution in [-0.4, -0.2) is 43.8 Å². The number of benzene rings is 1. The predicted molar refractivity (Wildman–Crippen MR) is 96.7 cm³/mol. The molecular formula is C19H30N2O3. The van der Waals surface area contributed by atoms with E-state index in [9.17, 15) is 4.79 Å². The lowest BCUT2D eigenvalue weighted by atomic mass is 10.2. The Balaban J connectivity index is 1.68. The van der Waals surface area contributed by atoms with E-state index in [0.29, 0.717) is 18.9 Å². The summed E-state index contributed by atoms with van der Waals surface area (Å²) in [6, 6.07) is 7.42. The molecule has 134 valence electrons. The SMILES string of the molecule is CCCCOc1cccc(NC(=O)OCCN2CCCCCC2)c1. The molecule has 0 spiro atoms. The zero-order chi connectivity index (χ0) is 17.0. The Hall–Kier alpha value is -1.75. The number of hydrogen-bond donors (Lipinski definition) is 1. The van der Waals surface area contributed by atoms with Gasteiger partial charge in [0.25, 0.3) is 0 Å². The van der Waals surface area contributed by atoms with Gasteiger partial charge in [0.05, 0.1) is 6.61 Å². The van der Waals surface area contributed by atoms with Crippen molar-refractivity contribution in [2.45, 2.75) is 45.4 Å². The molecule has 0 saturated carbocycles. The highest BCUT2D eigenvalue weighted by Gasteiger charge is 2.10. The molecule has 0 radical (unpaired) electrons. The molecular weight excluding hydrogens is 304 g/mol. The lowest BCUT2D eigenvalue weighted by Gasteiger charge is -2.19. The molecule has 0 unspecified atom stereocenters. The highest BCUT2D eigenvalue weighted by atomic mass is 16.5. The van der Waals surface area contributed by atoms with Gasteiger partial charge in [0.2, 0.25) is 0 Å². The van der Waals surface area contributed by atoms with Crippen LogP contribution in [0.2, 0.25) is 0 Å². The van der Waals surface area contributed by atoms with Crippen LogP contribution in [0.5, 0.6) is 5.75 Å². The van der Waals surface area contributed by atoms with Crippen LogP contribution in [0.4, 0.5) is 10.5 Å². The van der Waals surface area contributed by atoms with E-state index < -0.39 is 6.09 Å².